The summed E-state index contributed by atoms with van der Waals surface area (Å²) < 4.78 is 5.49. The van der Waals surface area contributed by atoms with E-state index in [4.69, 9.17) is 10.5 Å². The summed E-state index contributed by atoms with van der Waals surface area (Å²) in [5.74, 6) is -0.426. The number of ether oxygens (including phenoxy) is 1. The van der Waals surface area contributed by atoms with Gasteiger partial charge in [-0.05, 0) is 33.6 Å². The van der Waals surface area contributed by atoms with Gasteiger partial charge in [0.2, 0.25) is 5.91 Å². The van der Waals surface area contributed by atoms with Crippen LogP contribution in [0.15, 0.2) is 30.3 Å². The number of carbonyl (C=O) groups is 2. The van der Waals surface area contributed by atoms with Crippen LogP contribution in [0.3, 0.4) is 0 Å². The first kappa shape index (κ1) is 19.4. The number of nitrogens with zero attached hydrogens (tertiary/aromatic N) is 2. The second kappa shape index (κ2) is 7.68. The molecule has 1 saturated heterocycles. The second-order valence-electron chi connectivity index (χ2n) is 7.65. The fourth-order valence-corrected chi connectivity index (χ4v) is 4.08. The third-order valence-corrected chi connectivity index (χ3v) is 5.21. The highest BCUT2D eigenvalue weighted by Gasteiger charge is 2.37. The Balaban J connectivity index is 1.77. The number of hydrogen-bond donors (Lipinski definition) is 1. The lowest BCUT2D eigenvalue weighted by Gasteiger charge is -2.27. The van der Waals surface area contributed by atoms with E-state index in [1.165, 1.54) is 11.3 Å². The minimum absolute atomic E-state index is 0.0933. The molecule has 1 amide bonds. The van der Waals surface area contributed by atoms with E-state index in [0.29, 0.717) is 18.1 Å². The Hall–Kier alpha value is -2.41. The molecule has 1 aliphatic heterocycles. The summed E-state index contributed by atoms with van der Waals surface area (Å²) >= 11 is 1.32. The van der Waals surface area contributed by atoms with Crippen LogP contribution in [0, 0.1) is 0 Å². The van der Waals surface area contributed by atoms with Gasteiger partial charge in [-0.1, -0.05) is 30.3 Å². The summed E-state index contributed by atoms with van der Waals surface area (Å²) in [6.45, 7) is 6.06. The molecule has 0 bridgehead atoms. The number of aromatic nitrogens is 1. The molecule has 27 heavy (non-hydrogen) atoms. The van der Waals surface area contributed by atoms with Crippen LogP contribution >= 0.6 is 11.3 Å². The van der Waals surface area contributed by atoms with Crippen LogP contribution in [0.4, 0.5) is 5.13 Å². The highest BCUT2D eigenvalue weighted by atomic mass is 32.1. The van der Waals surface area contributed by atoms with Crippen molar-refractivity contribution in [1.82, 2.24) is 9.88 Å². The Bertz CT molecular complexity index is 827. The Morgan fingerprint density at radius 3 is 2.67 bits per heavy atom. The Morgan fingerprint density at radius 1 is 1.30 bits per heavy atom. The van der Waals surface area contributed by atoms with Gasteiger partial charge in [0.15, 0.2) is 5.13 Å². The van der Waals surface area contributed by atoms with Crippen molar-refractivity contribution in [3.8, 4) is 11.3 Å². The van der Waals surface area contributed by atoms with Crippen LogP contribution in [0.25, 0.3) is 11.3 Å². The zero-order chi connectivity index (χ0) is 19.6. The van der Waals surface area contributed by atoms with Crippen LogP contribution in [-0.4, -0.2) is 39.9 Å². The molecule has 0 saturated carbocycles. The summed E-state index contributed by atoms with van der Waals surface area (Å²) in [5, 5.41) is 0.432. The zero-order valence-corrected chi connectivity index (χ0v) is 16.7. The Morgan fingerprint density at radius 2 is 2.00 bits per heavy atom. The second-order valence-corrected chi connectivity index (χ2v) is 8.76. The fourth-order valence-electron chi connectivity index (χ4n) is 3.23. The van der Waals surface area contributed by atoms with Crippen LogP contribution in [0.5, 0.6) is 0 Å². The average Bonchev–Trinajstić information content (AvgIpc) is 3.21. The highest BCUT2D eigenvalue weighted by Crippen LogP contribution is 2.31. The first-order chi connectivity index (χ1) is 12.7. The van der Waals surface area contributed by atoms with E-state index in [1.807, 2.05) is 51.1 Å². The molecule has 1 aromatic carbocycles. The fraction of sp³-hybridized carbons (Fsp3) is 0.450. The topological polar surface area (TPSA) is 85.5 Å². The molecule has 6 nitrogen and oxygen atoms in total. The summed E-state index contributed by atoms with van der Waals surface area (Å²) in [7, 11) is 0. The van der Waals surface area contributed by atoms with E-state index in [1.54, 1.807) is 4.90 Å². The van der Waals surface area contributed by atoms with Crippen molar-refractivity contribution >= 4 is 28.3 Å². The molecule has 1 atom stereocenters. The van der Waals surface area contributed by atoms with E-state index in [0.717, 1.165) is 22.6 Å². The molecule has 7 heteroatoms. The lowest BCUT2D eigenvalue weighted by molar-refractivity contribution is -0.163. The molecule has 1 aliphatic rings. The number of anilines is 1. The SMILES string of the molecule is CC(C)(C)OC(=O)[C@@H]1CCCN1C(=O)Cc1sc(N)nc1-c1ccccc1. The Labute approximate surface area is 163 Å². The van der Waals surface area contributed by atoms with Crippen molar-refractivity contribution in [2.24, 2.45) is 0 Å². The number of amides is 1. The minimum Gasteiger partial charge on any atom is -0.458 e. The smallest absolute Gasteiger partial charge is 0.329 e. The van der Waals surface area contributed by atoms with Gasteiger partial charge in [0, 0.05) is 17.0 Å². The van der Waals surface area contributed by atoms with Crippen molar-refractivity contribution < 1.29 is 14.3 Å². The van der Waals surface area contributed by atoms with Gasteiger partial charge in [-0.15, -0.1) is 11.3 Å². The third-order valence-electron chi connectivity index (χ3n) is 4.32. The lowest BCUT2D eigenvalue weighted by Crippen LogP contribution is -2.44. The molecular formula is C20H25N3O3S. The van der Waals surface area contributed by atoms with Crippen LogP contribution in [0.2, 0.25) is 0 Å². The summed E-state index contributed by atoms with van der Waals surface area (Å²) in [4.78, 5) is 32.3. The maximum absolute atomic E-state index is 12.9. The van der Waals surface area contributed by atoms with Gasteiger partial charge in [-0.25, -0.2) is 9.78 Å². The molecule has 2 N–H and O–H groups in total. The van der Waals surface area contributed by atoms with E-state index < -0.39 is 11.6 Å². The number of likely N-dealkylation sites (tertiary alicyclic amines) is 1. The average molecular weight is 388 g/mol. The number of hydrogen-bond acceptors (Lipinski definition) is 6. The van der Waals surface area contributed by atoms with Crippen LogP contribution in [0.1, 0.15) is 38.5 Å². The van der Waals surface area contributed by atoms with E-state index in [9.17, 15) is 9.59 Å². The standard InChI is InChI=1S/C20H25N3O3S/c1-20(2,3)26-18(25)14-10-7-11-23(14)16(24)12-15-17(22-19(21)27-15)13-8-5-4-6-9-13/h4-6,8-9,14H,7,10-12H2,1-3H3,(H2,21,22)/t14-/m0/s1. The van der Waals surface area contributed by atoms with Gasteiger partial charge in [0.1, 0.15) is 11.6 Å². The monoisotopic (exact) mass is 387 g/mol. The number of benzene rings is 1. The van der Waals surface area contributed by atoms with Gasteiger partial charge in [-0.2, -0.15) is 0 Å². The molecule has 144 valence electrons. The number of rotatable bonds is 4. The minimum atomic E-state index is -0.568. The molecule has 0 unspecified atom stereocenters. The first-order valence-corrected chi connectivity index (χ1v) is 9.89. The highest BCUT2D eigenvalue weighted by molar-refractivity contribution is 7.15. The number of nitrogens with two attached hydrogens (primary N) is 1. The van der Waals surface area contributed by atoms with Crippen molar-refractivity contribution in [2.75, 3.05) is 12.3 Å². The summed E-state index contributed by atoms with van der Waals surface area (Å²) in [5.41, 5.74) is 7.00. The molecule has 2 aromatic rings. The summed E-state index contributed by atoms with van der Waals surface area (Å²) in [6.07, 6.45) is 1.61. The van der Waals surface area contributed by atoms with Gasteiger partial charge >= 0.3 is 5.97 Å². The van der Waals surface area contributed by atoms with Crippen molar-refractivity contribution in [2.45, 2.75) is 51.7 Å². The van der Waals surface area contributed by atoms with Crippen molar-refractivity contribution in [3.05, 3.63) is 35.2 Å². The third kappa shape index (κ3) is 4.66. The normalized spacial score (nSPS) is 17.1. The van der Waals surface area contributed by atoms with Crippen LogP contribution in [-0.2, 0) is 20.7 Å². The summed E-state index contributed by atoms with van der Waals surface area (Å²) in [6, 6.07) is 9.16. The Kier molecular flexibility index (Phi) is 5.51. The number of nitrogen functional groups attached to an aromatic ring is 1. The molecule has 0 aliphatic carbocycles. The molecule has 1 aromatic heterocycles. The van der Waals surface area contributed by atoms with Crippen molar-refractivity contribution in [3.63, 3.8) is 0 Å². The number of esters is 1. The lowest BCUT2D eigenvalue weighted by atomic mass is 10.1. The van der Waals surface area contributed by atoms with Crippen molar-refractivity contribution in [1.29, 1.82) is 0 Å². The van der Waals surface area contributed by atoms with Crippen LogP contribution < -0.4 is 5.73 Å². The van der Waals surface area contributed by atoms with Gasteiger partial charge in [-0.3, -0.25) is 4.79 Å². The van der Waals surface area contributed by atoms with Gasteiger partial charge in [0.05, 0.1) is 12.1 Å². The molecule has 0 radical (unpaired) electrons. The van der Waals surface area contributed by atoms with E-state index in [2.05, 4.69) is 4.98 Å². The van der Waals surface area contributed by atoms with E-state index >= 15 is 0 Å². The largest absolute Gasteiger partial charge is 0.458 e. The predicted octanol–water partition coefficient (Wildman–Crippen LogP) is 3.27. The molecule has 3 rings (SSSR count). The maximum atomic E-state index is 12.9. The number of carbonyl (C=O) groups excluding carboxylic acids is 2. The zero-order valence-electron chi connectivity index (χ0n) is 15.9. The van der Waals surface area contributed by atoms with Gasteiger partial charge < -0.3 is 15.4 Å². The molecule has 1 fully saturated rings. The molecular weight excluding hydrogens is 362 g/mol. The number of thiazole rings is 1. The quantitative estimate of drug-likeness (QED) is 0.814. The molecule has 2 heterocycles. The molecule has 0 spiro atoms. The predicted molar refractivity (Wildman–Crippen MR) is 106 cm³/mol. The maximum Gasteiger partial charge on any atom is 0.329 e. The van der Waals surface area contributed by atoms with E-state index in [-0.39, 0.29) is 18.3 Å². The first-order valence-electron chi connectivity index (χ1n) is 9.07. The van der Waals surface area contributed by atoms with Gasteiger partial charge in [0.25, 0.3) is 0 Å².